The van der Waals surface area contributed by atoms with Crippen LogP contribution in [0.3, 0.4) is 0 Å². The van der Waals surface area contributed by atoms with Crippen molar-refractivity contribution >= 4 is 28.9 Å². The lowest BCUT2D eigenvalue weighted by atomic mass is 10.1. The molecule has 3 N–H and O–H groups in total. The molecule has 0 radical (unpaired) electrons. The van der Waals surface area contributed by atoms with E-state index in [1.165, 1.54) is 0 Å². The van der Waals surface area contributed by atoms with Gasteiger partial charge in [0.1, 0.15) is 17.5 Å². The van der Waals surface area contributed by atoms with E-state index in [1.807, 2.05) is 44.2 Å². The van der Waals surface area contributed by atoms with Crippen molar-refractivity contribution < 1.29 is 4.79 Å². The highest BCUT2D eigenvalue weighted by atomic mass is 16.1. The van der Waals surface area contributed by atoms with Crippen LogP contribution in [0.2, 0.25) is 0 Å². The molecule has 0 atom stereocenters. The zero-order chi connectivity index (χ0) is 17.6. The summed E-state index contributed by atoms with van der Waals surface area (Å²) in [5, 5.41) is 9.48. The first-order valence-electron chi connectivity index (χ1n) is 8.91. The quantitative estimate of drug-likeness (QED) is 0.739. The average molecular weight is 339 g/mol. The van der Waals surface area contributed by atoms with E-state index in [0.717, 1.165) is 55.2 Å². The van der Waals surface area contributed by atoms with Gasteiger partial charge in [0.2, 0.25) is 5.91 Å². The minimum absolute atomic E-state index is 0.139. The highest BCUT2D eigenvalue weighted by Crippen LogP contribution is 2.26. The van der Waals surface area contributed by atoms with Crippen molar-refractivity contribution in [3.05, 3.63) is 36.2 Å². The number of nitrogens with one attached hydrogen (secondary N) is 3. The van der Waals surface area contributed by atoms with Gasteiger partial charge in [0.25, 0.3) is 0 Å². The molecular weight excluding hydrogens is 314 g/mol. The molecule has 132 valence electrons. The molecule has 0 saturated heterocycles. The molecule has 3 rings (SSSR count). The maximum Gasteiger partial charge on any atom is 0.227 e. The van der Waals surface area contributed by atoms with Crippen LogP contribution in [0.15, 0.2) is 30.3 Å². The molecule has 0 aliphatic heterocycles. The summed E-state index contributed by atoms with van der Waals surface area (Å²) in [6.07, 6.45) is 4.33. The summed E-state index contributed by atoms with van der Waals surface area (Å²) in [5.41, 5.74) is 1.74. The largest absolute Gasteiger partial charge is 0.370 e. The van der Waals surface area contributed by atoms with Crippen LogP contribution in [0.5, 0.6) is 0 Å². The molecule has 25 heavy (non-hydrogen) atoms. The molecule has 0 spiro atoms. The number of carbonyl (C=O) groups is 1. The minimum Gasteiger partial charge on any atom is -0.370 e. The standard InChI is InChI=1S/C19H25N5O/c1-3-20-17-12-18(22-13(2)21-17)23-15-8-10-16(11-9-15)24-19(25)14-6-4-5-7-14/h8-12,14H,3-7H2,1-2H3,(H,24,25)(H2,20,21,22,23). The van der Waals surface area contributed by atoms with Gasteiger partial charge in [-0.3, -0.25) is 4.79 Å². The summed E-state index contributed by atoms with van der Waals surface area (Å²) in [5.74, 6) is 2.57. The highest BCUT2D eigenvalue weighted by Gasteiger charge is 2.22. The molecule has 1 aromatic carbocycles. The Balaban J connectivity index is 1.63. The van der Waals surface area contributed by atoms with Gasteiger partial charge in [0, 0.05) is 29.9 Å². The van der Waals surface area contributed by atoms with Crippen LogP contribution >= 0.6 is 0 Å². The van der Waals surface area contributed by atoms with E-state index < -0.39 is 0 Å². The van der Waals surface area contributed by atoms with Crippen molar-refractivity contribution in [1.29, 1.82) is 0 Å². The lowest BCUT2D eigenvalue weighted by Gasteiger charge is -2.12. The average Bonchev–Trinajstić information content (AvgIpc) is 3.11. The molecule has 1 aromatic heterocycles. The summed E-state index contributed by atoms with van der Waals surface area (Å²) >= 11 is 0. The molecular formula is C19H25N5O. The number of benzene rings is 1. The van der Waals surface area contributed by atoms with Crippen LogP contribution in [-0.4, -0.2) is 22.4 Å². The lowest BCUT2D eigenvalue weighted by Crippen LogP contribution is -2.20. The van der Waals surface area contributed by atoms with E-state index in [-0.39, 0.29) is 11.8 Å². The normalized spacial score (nSPS) is 14.3. The number of anilines is 4. The van der Waals surface area contributed by atoms with E-state index in [1.54, 1.807) is 0 Å². The summed E-state index contributed by atoms with van der Waals surface area (Å²) in [4.78, 5) is 20.9. The Labute approximate surface area is 148 Å². The van der Waals surface area contributed by atoms with Gasteiger partial charge in [-0.2, -0.15) is 0 Å². The van der Waals surface area contributed by atoms with Crippen molar-refractivity contribution in [2.75, 3.05) is 22.5 Å². The van der Waals surface area contributed by atoms with E-state index in [9.17, 15) is 4.79 Å². The van der Waals surface area contributed by atoms with Gasteiger partial charge in [0.05, 0.1) is 0 Å². The van der Waals surface area contributed by atoms with Crippen LogP contribution in [0.4, 0.5) is 23.0 Å². The second kappa shape index (κ2) is 7.96. The van der Waals surface area contributed by atoms with Gasteiger partial charge in [-0.15, -0.1) is 0 Å². The molecule has 1 amide bonds. The van der Waals surface area contributed by atoms with Crippen molar-refractivity contribution in [1.82, 2.24) is 9.97 Å². The van der Waals surface area contributed by atoms with E-state index in [0.29, 0.717) is 5.82 Å². The van der Waals surface area contributed by atoms with Crippen molar-refractivity contribution in [2.24, 2.45) is 5.92 Å². The first-order chi connectivity index (χ1) is 12.1. The van der Waals surface area contributed by atoms with Gasteiger partial charge in [0.15, 0.2) is 0 Å². The number of rotatable bonds is 6. The summed E-state index contributed by atoms with van der Waals surface area (Å²) in [7, 11) is 0. The maximum atomic E-state index is 12.2. The predicted octanol–water partition coefficient (Wildman–Crippen LogP) is 4.09. The number of hydrogen-bond donors (Lipinski definition) is 3. The Kier molecular flexibility index (Phi) is 5.48. The summed E-state index contributed by atoms with van der Waals surface area (Å²) in [6.45, 7) is 4.71. The SMILES string of the molecule is CCNc1cc(Nc2ccc(NC(=O)C3CCCC3)cc2)nc(C)n1. The first-order valence-corrected chi connectivity index (χ1v) is 8.91. The van der Waals surface area contributed by atoms with E-state index in [4.69, 9.17) is 0 Å². The Morgan fingerprint density at radius 1 is 1.08 bits per heavy atom. The smallest absolute Gasteiger partial charge is 0.227 e. The number of hydrogen-bond acceptors (Lipinski definition) is 5. The molecule has 1 fully saturated rings. The van der Waals surface area contributed by atoms with Gasteiger partial charge in [-0.25, -0.2) is 9.97 Å². The zero-order valence-electron chi connectivity index (χ0n) is 14.8. The number of aromatic nitrogens is 2. The third-order valence-electron chi connectivity index (χ3n) is 4.35. The van der Waals surface area contributed by atoms with Crippen molar-refractivity contribution in [2.45, 2.75) is 39.5 Å². The number of aryl methyl sites for hydroxylation is 1. The fourth-order valence-electron chi connectivity index (χ4n) is 3.12. The Bertz CT molecular complexity index is 723. The van der Waals surface area contributed by atoms with Gasteiger partial charge < -0.3 is 16.0 Å². The first kappa shape index (κ1) is 17.2. The highest BCUT2D eigenvalue weighted by molar-refractivity contribution is 5.92. The molecule has 0 bridgehead atoms. The molecule has 6 heteroatoms. The summed E-state index contributed by atoms with van der Waals surface area (Å²) < 4.78 is 0. The third kappa shape index (κ3) is 4.68. The number of carbonyl (C=O) groups excluding carboxylic acids is 1. The minimum atomic E-state index is 0.139. The molecule has 6 nitrogen and oxygen atoms in total. The van der Waals surface area contributed by atoms with Crippen LogP contribution in [0.1, 0.15) is 38.4 Å². The monoisotopic (exact) mass is 339 g/mol. The zero-order valence-corrected chi connectivity index (χ0v) is 14.8. The second-order valence-corrected chi connectivity index (χ2v) is 6.39. The molecule has 1 aliphatic rings. The van der Waals surface area contributed by atoms with Gasteiger partial charge >= 0.3 is 0 Å². The topological polar surface area (TPSA) is 78.9 Å². The third-order valence-corrected chi connectivity index (χ3v) is 4.35. The Hall–Kier alpha value is -2.63. The fraction of sp³-hybridized carbons (Fsp3) is 0.421. The van der Waals surface area contributed by atoms with Crippen LogP contribution in [-0.2, 0) is 4.79 Å². The van der Waals surface area contributed by atoms with Gasteiger partial charge in [-0.1, -0.05) is 12.8 Å². The summed E-state index contributed by atoms with van der Waals surface area (Å²) in [6, 6.07) is 9.58. The molecule has 1 saturated carbocycles. The Morgan fingerprint density at radius 2 is 1.72 bits per heavy atom. The predicted molar refractivity (Wildman–Crippen MR) is 101 cm³/mol. The molecule has 2 aromatic rings. The van der Waals surface area contributed by atoms with Crippen molar-refractivity contribution in [3.8, 4) is 0 Å². The van der Waals surface area contributed by atoms with E-state index in [2.05, 4.69) is 25.9 Å². The number of amides is 1. The van der Waals surface area contributed by atoms with Gasteiger partial charge in [-0.05, 0) is 51.0 Å². The van der Waals surface area contributed by atoms with E-state index >= 15 is 0 Å². The Morgan fingerprint density at radius 3 is 2.40 bits per heavy atom. The van der Waals surface area contributed by atoms with Crippen LogP contribution in [0.25, 0.3) is 0 Å². The molecule has 1 aliphatic carbocycles. The molecule has 1 heterocycles. The number of nitrogens with zero attached hydrogens (tertiary/aromatic N) is 2. The lowest BCUT2D eigenvalue weighted by molar-refractivity contribution is -0.119. The maximum absolute atomic E-state index is 12.2. The van der Waals surface area contributed by atoms with Crippen LogP contribution < -0.4 is 16.0 Å². The molecule has 0 unspecified atom stereocenters. The second-order valence-electron chi connectivity index (χ2n) is 6.39. The van der Waals surface area contributed by atoms with Crippen molar-refractivity contribution in [3.63, 3.8) is 0 Å². The fourth-order valence-corrected chi connectivity index (χ4v) is 3.12. The van der Waals surface area contributed by atoms with Crippen LogP contribution in [0, 0.1) is 12.8 Å².